The number of halogens is 1. The standard InChI is InChI=1S/C16H14ClN3OS/c1-10(2)19-15(21)12(8-18)7-14-9-22-16(20-14)11-3-5-13(17)6-4-11/h3-7,9-10H,1-2H3,(H,19,21)/b12-7+. The van der Waals surface area contributed by atoms with Gasteiger partial charge >= 0.3 is 0 Å². The third-order valence-corrected chi connectivity index (χ3v) is 3.85. The lowest BCUT2D eigenvalue weighted by Crippen LogP contribution is -2.30. The van der Waals surface area contributed by atoms with Crippen LogP contribution >= 0.6 is 22.9 Å². The number of thiazole rings is 1. The van der Waals surface area contributed by atoms with Gasteiger partial charge in [0.2, 0.25) is 0 Å². The predicted octanol–water partition coefficient (Wildman–Crippen LogP) is 3.90. The molecule has 6 heteroatoms. The molecule has 0 bridgehead atoms. The average molecular weight is 332 g/mol. The van der Waals surface area contributed by atoms with Gasteiger partial charge in [0, 0.05) is 22.0 Å². The van der Waals surface area contributed by atoms with Crippen LogP contribution in [0.2, 0.25) is 5.02 Å². The van der Waals surface area contributed by atoms with Crippen molar-refractivity contribution in [2.45, 2.75) is 19.9 Å². The zero-order valence-corrected chi connectivity index (χ0v) is 13.7. The van der Waals surface area contributed by atoms with Crippen molar-refractivity contribution in [1.82, 2.24) is 10.3 Å². The molecule has 1 amide bonds. The number of nitrogens with one attached hydrogen (secondary N) is 1. The summed E-state index contributed by atoms with van der Waals surface area (Å²) in [6.45, 7) is 3.68. The molecule has 112 valence electrons. The summed E-state index contributed by atoms with van der Waals surface area (Å²) in [7, 11) is 0. The number of nitrogens with zero attached hydrogens (tertiary/aromatic N) is 2. The lowest BCUT2D eigenvalue weighted by molar-refractivity contribution is -0.117. The molecule has 0 aliphatic carbocycles. The third-order valence-electron chi connectivity index (χ3n) is 2.69. The molecule has 0 aliphatic rings. The third kappa shape index (κ3) is 4.17. The zero-order chi connectivity index (χ0) is 16.1. The van der Waals surface area contributed by atoms with Crippen LogP contribution in [0.5, 0.6) is 0 Å². The number of nitriles is 1. The van der Waals surface area contributed by atoms with Gasteiger partial charge in [-0.1, -0.05) is 23.7 Å². The fraction of sp³-hybridized carbons (Fsp3) is 0.188. The van der Waals surface area contributed by atoms with Crippen LogP contribution in [0.3, 0.4) is 0 Å². The summed E-state index contributed by atoms with van der Waals surface area (Å²) in [4.78, 5) is 16.3. The molecule has 0 spiro atoms. The summed E-state index contributed by atoms with van der Waals surface area (Å²) in [6.07, 6.45) is 1.49. The van der Waals surface area contributed by atoms with Crippen LogP contribution in [0.15, 0.2) is 35.2 Å². The zero-order valence-electron chi connectivity index (χ0n) is 12.1. The number of hydrogen-bond donors (Lipinski definition) is 1. The number of hydrogen-bond acceptors (Lipinski definition) is 4. The summed E-state index contributed by atoms with van der Waals surface area (Å²) < 4.78 is 0. The second kappa shape index (κ2) is 7.21. The largest absolute Gasteiger partial charge is 0.349 e. The van der Waals surface area contributed by atoms with Crippen molar-refractivity contribution in [3.05, 3.63) is 45.9 Å². The van der Waals surface area contributed by atoms with Crippen LogP contribution in [0, 0.1) is 11.3 Å². The lowest BCUT2D eigenvalue weighted by atomic mass is 10.2. The lowest BCUT2D eigenvalue weighted by Gasteiger charge is -2.06. The van der Waals surface area contributed by atoms with Crippen LogP contribution < -0.4 is 5.32 Å². The molecule has 0 atom stereocenters. The van der Waals surface area contributed by atoms with Gasteiger partial charge in [-0.2, -0.15) is 5.26 Å². The van der Waals surface area contributed by atoms with Crippen molar-refractivity contribution in [3.8, 4) is 16.6 Å². The Kier molecular flexibility index (Phi) is 5.31. The molecule has 0 unspecified atom stereocenters. The molecular formula is C16H14ClN3OS. The van der Waals surface area contributed by atoms with E-state index in [-0.39, 0.29) is 11.6 Å². The van der Waals surface area contributed by atoms with Crippen molar-refractivity contribution >= 4 is 34.9 Å². The maximum atomic E-state index is 11.9. The highest BCUT2D eigenvalue weighted by atomic mass is 35.5. The molecule has 1 N–H and O–H groups in total. The summed E-state index contributed by atoms with van der Waals surface area (Å²) in [5.41, 5.74) is 1.58. The van der Waals surface area contributed by atoms with Crippen LogP contribution in [-0.4, -0.2) is 16.9 Å². The second-order valence-corrected chi connectivity index (χ2v) is 6.18. The van der Waals surface area contributed by atoms with E-state index in [0.29, 0.717) is 10.7 Å². The average Bonchev–Trinajstić information content (AvgIpc) is 2.93. The van der Waals surface area contributed by atoms with E-state index in [1.54, 1.807) is 12.1 Å². The Hall–Kier alpha value is -2.16. The van der Waals surface area contributed by atoms with E-state index >= 15 is 0 Å². The molecule has 22 heavy (non-hydrogen) atoms. The van der Waals surface area contributed by atoms with E-state index in [9.17, 15) is 4.79 Å². The molecule has 0 aliphatic heterocycles. The van der Waals surface area contributed by atoms with Crippen molar-refractivity contribution in [2.24, 2.45) is 0 Å². The number of aromatic nitrogens is 1. The minimum atomic E-state index is -0.390. The van der Waals surface area contributed by atoms with Crippen molar-refractivity contribution in [3.63, 3.8) is 0 Å². The van der Waals surface area contributed by atoms with Gasteiger partial charge in [-0.15, -0.1) is 11.3 Å². The highest BCUT2D eigenvalue weighted by molar-refractivity contribution is 7.13. The Bertz CT molecular complexity index is 741. The highest BCUT2D eigenvalue weighted by Gasteiger charge is 2.11. The minimum Gasteiger partial charge on any atom is -0.349 e. The molecule has 0 radical (unpaired) electrons. The molecule has 1 aromatic heterocycles. The molecule has 2 rings (SSSR count). The van der Waals surface area contributed by atoms with Crippen molar-refractivity contribution in [2.75, 3.05) is 0 Å². The smallest absolute Gasteiger partial charge is 0.262 e. The Morgan fingerprint density at radius 2 is 2.09 bits per heavy atom. The SMILES string of the molecule is CC(C)NC(=O)/C(C#N)=C/c1csc(-c2ccc(Cl)cc2)n1. The molecular weight excluding hydrogens is 318 g/mol. The molecule has 0 saturated heterocycles. The maximum absolute atomic E-state index is 11.9. The summed E-state index contributed by atoms with van der Waals surface area (Å²) in [5.74, 6) is -0.390. The van der Waals surface area contributed by atoms with Gasteiger partial charge < -0.3 is 5.32 Å². The highest BCUT2D eigenvalue weighted by Crippen LogP contribution is 2.25. The first-order valence-electron chi connectivity index (χ1n) is 6.63. The predicted molar refractivity (Wildman–Crippen MR) is 89.4 cm³/mol. The van der Waals surface area contributed by atoms with Gasteiger partial charge in [-0.05, 0) is 32.1 Å². The quantitative estimate of drug-likeness (QED) is 0.682. The first-order valence-corrected chi connectivity index (χ1v) is 7.89. The fourth-order valence-electron chi connectivity index (χ4n) is 1.71. The number of rotatable bonds is 4. The van der Waals surface area contributed by atoms with E-state index in [1.807, 2.05) is 37.4 Å². The van der Waals surface area contributed by atoms with Crippen LogP contribution in [0.25, 0.3) is 16.6 Å². The monoisotopic (exact) mass is 331 g/mol. The number of carbonyl (C=O) groups is 1. The van der Waals surface area contributed by atoms with Crippen molar-refractivity contribution in [1.29, 1.82) is 5.26 Å². The Morgan fingerprint density at radius 1 is 1.41 bits per heavy atom. The van der Waals surface area contributed by atoms with Gasteiger partial charge in [0.05, 0.1) is 5.69 Å². The van der Waals surface area contributed by atoms with Crippen LogP contribution in [-0.2, 0) is 4.79 Å². The Balaban J connectivity index is 2.23. The summed E-state index contributed by atoms with van der Waals surface area (Å²) in [6, 6.07) is 9.24. The summed E-state index contributed by atoms with van der Waals surface area (Å²) >= 11 is 7.31. The first-order chi connectivity index (χ1) is 10.5. The van der Waals surface area contributed by atoms with Gasteiger partial charge in [-0.25, -0.2) is 4.98 Å². The fourth-order valence-corrected chi connectivity index (χ4v) is 2.62. The number of carbonyl (C=O) groups excluding carboxylic acids is 1. The van der Waals surface area contributed by atoms with Crippen LogP contribution in [0.4, 0.5) is 0 Å². The number of amides is 1. The summed E-state index contributed by atoms with van der Waals surface area (Å²) in [5, 5.41) is 15.1. The normalized spacial score (nSPS) is 11.3. The molecule has 1 heterocycles. The molecule has 0 saturated carbocycles. The minimum absolute atomic E-state index is 0.0238. The second-order valence-electron chi connectivity index (χ2n) is 4.88. The molecule has 0 fully saturated rings. The van der Waals surface area contributed by atoms with Crippen molar-refractivity contribution < 1.29 is 4.79 Å². The topological polar surface area (TPSA) is 65.8 Å². The van der Waals surface area contributed by atoms with Gasteiger partial charge in [0.25, 0.3) is 5.91 Å². The first kappa shape index (κ1) is 16.2. The van der Waals surface area contributed by atoms with E-state index in [4.69, 9.17) is 16.9 Å². The van der Waals surface area contributed by atoms with E-state index in [0.717, 1.165) is 10.6 Å². The Morgan fingerprint density at radius 3 is 2.68 bits per heavy atom. The van der Waals surface area contributed by atoms with Gasteiger partial charge in [0.1, 0.15) is 16.6 Å². The molecule has 1 aromatic carbocycles. The Labute approximate surface area is 138 Å². The maximum Gasteiger partial charge on any atom is 0.262 e. The van der Waals surface area contributed by atoms with Gasteiger partial charge in [-0.3, -0.25) is 4.79 Å². The van der Waals surface area contributed by atoms with Gasteiger partial charge in [0.15, 0.2) is 0 Å². The van der Waals surface area contributed by atoms with E-state index in [1.165, 1.54) is 17.4 Å². The van der Waals surface area contributed by atoms with E-state index < -0.39 is 5.91 Å². The van der Waals surface area contributed by atoms with E-state index in [2.05, 4.69) is 10.3 Å². The molecule has 4 nitrogen and oxygen atoms in total. The molecule has 2 aromatic rings. The number of benzene rings is 1. The van der Waals surface area contributed by atoms with Crippen LogP contribution in [0.1, 0.15) is 19.5 Å².